The molecular weight excluding hydrogens is 236 g/mol. The highest BCUT2D eigenvalue weighted by Crippen LogP contribution is 2.40. The van der Waals surface area contributed by atoms with E-state index in [0.717, 1.165) is 17.9 Å². The fraction of sp³-hybridized carbons (Fsp3) is 0.625. The van der Waals surface area contributed by atoms with Gasteiger partial charge in [0.2, 0.25) is 0 Å². The summed E-state index contributed by atoms with van der Waals surface area (Å²) in [6, 6.07) is 8.09. The number of hydrogen-bond acceptors (Lipinski definition) is 3. The monoisotopic (exact) mass is 262 g/mol. The Balaban J connectivity index is 2.27. The third-order valence-electron chi connectivity index (χ3n) is 4.86. The molecule has 3 nitrogen and oxygen atoms in total. The third kappa shape index (κ3) is 2.71. The van der Waals surface area contributed by atoms with E-state index in [1.54, 1.807) is 7.11 Å². The molecule has 3 atom stereocenters. The molecule has 1 saturated carbocycles. The van der Waals surface area contributed by atoms with E-state index < -0.39 is 0 Å². The summed E-state index contributed by atoms with van der Waals surface area (Å²) >= 11 is 0. The van der Waals surface area contributed by atoms with Crippen molar-refractivity contribution in [3.8, 4) is 5.75 Å². The van der Waals surface area contributed by atoms with E-state index in [1.165, 1.54) is 12.8 Å². The van der Waals surface area contributed by atoms with Crippen molar-refractivity contribution >= 4 is 5.69 Å². The van der Waals surface area contributed by atoms with Gasteiger partial charge in [-0.1, -0.05) is 38.8 Å². The van der Waals surface area contributed by atoms with Gasteiger partial charge >= 0.3 is 0 Å². The SMILES string of the molecule is COc1ccccc1NC1(CN)CCCC(C)C1C. The van der Waals surface area contributed by atoms with Crippen LogP contribution in [0.25, 0.3) is 0 Å². The number of hydrogen-bond donors (Lipinski definition) is 2. The van der Waals surface area contributed by atoms with E-state index in [0.29, 0.717) is 18.4 Å². The molecule has 0 heterocycles. The van der Waals surface area contributed by atoms with E-state index >= 15 is 0 Å². The lowest BCUT2D eigenvalue weighted by Gasteiger charge is -2.46. The highest BCUT2D eigenvalue weighted by atomic mass is 16.5. The Bertz CT molecular complexity index is 421. The average Bonchev–Trinajstić information content (AvgIpc) is 2.44. The van der Waals surface area contributed by atoms with Gasteiger partial charge in [-0.2, -0.15) is 0 Å². The summed E-state index contributed by atoms with van der Waals surface area (Å²) in [4.78, 5) is 0. The number of ether oxygens (including phenoxy) is 1. The average molecular weight is 262 g/mol. The van der Waals surface area contributed by atoms with E-state index in [4.69, 9.17) is 10.5 Å². The van der Waals surface area contributed by atoms with Crippen molar-refractivity contribution in [2.24, 2.45) is 17.6 Å². The first-order valence-corrected chi connectivity index (χ1v) is 7.24. The van der Waals surface area contributed by atoms with Crippen LogP contribution in [0.1, 0.15) is 33.1 Å². The lowest BCUT2D eigenvalue weighted by Crippen LogP contribution is -2.54. The second kappa shape index (κ2) is 5.83. The van der Waals surface area contributed by atoms with Crippen molar-refractivity contribution in [1.29, 1.82) is 0 Å². The highest BCUT2D eigenvalue weighted by Gasteiger charge is 2.40. The van der Waals surface area contributed by atoms with Gasteiger partial charge < -0.3 is 15.8 Å². The Morgan fingerprint density at radius 2 is 2.11 bits per heavy atom. The van der Waals surface area contributed by atoms with Crippen LogP contribution in [-0.4, -0.2) is 19.2 Å². The molecule has 0 spiro atoms. The van der Waals surface area contributed by atoms with Gasteiger partial charge in [-0.25, -0.2) is 0 Å². The van der Waals surface area contributed by atoms with E-state index in [2.05, 4.69) is 25.2 Å². The molecule has 2 rings (SSSR count). The maximum Gasteiger partial charge on any atom is 0.141 e. The molecule has 0 saturated heterocycles. The van der Waals surface area contributed by atoms with E-state index in [1.807, 2.05) is 18.2 Å². The lowest BCUT2D eigenvalue weighted by molar-refractivity contribution is 0.168. The van der Waals surface area contributed by atoms with Crippen LogP contribution in [0.5, 0.6) is 5.75 Å². The second-order valence-electron chi connectivity index (χ2n) is 5.84. The summed E-state index contributed by atoms with van der Waals surface area (Å²) in [5, 5.41) is 3.69. The molecule has 3 heteroatoms. The molecule has 1 fully saturated rings. The van der Waals surface area contributed by atoms with Crippen LogP contribution < -0.4 is 15.8 Å². The van der Waals surface area contributed by atoms with E-state index in [9.17, 15) is 0 Å². The fourth-order valence-electron chi connectivity index (χ4n) is 3.29. The molecule has 106 valence electrons. The molecule has 1 aromatic carbocycles. The Morgan fingerprint density at radius 3 is 2.79 bits per heavy atom. The van der Waals surface area contributed by atoms with Crippen molar-refractivity contribution in [3.05, 3.63) is 24.3 Å². The molecule has 3 N–H and O–H groups in total. The van der Waals surface area contributed by atoms with Gasteiger partial charge in [0.15, 0.2) is 0 Å². The quantitative estimate of drug-likeness (QED) is 0.875. The summed E-state index contributed by atoms with van der Waals surface area (Å²) < 4.78 is 5.44. The van der Waals surface area contributed by atoms with Gasteiger partial charge in [0.05, 0.1) is 18.3 Å². The van der Waals surface area contributed by atoms with E-state index in [-0.39, 0.29) is 5.54 Å². The summed E-state index contributed by atoms with van der Waals surface area (Å²) in [6.07, 6.45) is 3.68. The van der Waals surface area contributed by atoms with Gasteiger partial charge in [0.1, 0.15) is 5.75 Å². The van der Waals surface area contributed by atoms with Crippen LogP contribution in [0, 0.1) is 11.8 Å². The Hall–Kier alpha value is -1.22. The van der Waals surface area contributed by atoms with Gasteiger partial charge in [-0.3, -0.25) is 0 Å². The maximum absolute atomic E-state index is 6.13. The topological polar surface area (TPSA) is 47.3 Å². The summed E-state index contributed by atoms with van der Waals surface area (Å²) in [5.41, 5.74) is 7.17. The first kappa shape index (κ1) is 14.2. The predicted molar refractivity (Wildman–Crippen MR) is 80.6 cm³/mol. The van der Waals surface area contributed by atoms with Gasteiger partial charge in [-0.15, -0.1) is 0 Å². The van der Waals surface area contributed by atoms with Crippen molar-refractivity contribution in [1.82, 2.24) is 0 Å². The van der Waals surface area contributed by atoms with Gasteiger partial charge in [0.25, 0.3) is 0 Å². The molecule has 0 amide bonds. The fourth-order valence-corrected chi connectivity index (χ4v) is 3.29. The van der Waals surface area contributed by atoms with Gasteiger partial charge in [-0.05, 0) is 30.4 Å². The molecule has 0 radical (unpaired) electrons. The first-order chi connectivity index (χ1) is 9.13. The third-order valence-corrected chi connectivity index (χ3v) is 4.86. The number of para-hydroxylation sites is 2. The van der Waals surface area contributed by atoms with Crippen molar-refractivity contribution < 1.29 is 4.74 Å². The number of nitrogens with one attached hydrogen (secondary N) is 1. The second-order valence-corrected chi connectivity index (χ2v) is 5.84. The zero-order chi connectivity index (χ0) is 13.9. The highest BCUT2D eigenvalue weighted by molar-refractivity contribution is 5.58. The van der Waals surface area contributed by atoms with Crippen molar-refractivity contribution in [2.45, 2.75) is 38.6 Å². The van der Waals surface area contributed by atoms with Crippen LogP contribution in [0.4, 0.5) is 5.69 Å². The zero-order valence-corrected chi connectivity index (χ0v) is 12.3. The lowest BCUT2D eigenvalue weighted by atomic mass is 9.68. The van der Waals surface area contributed by atoms with Crippen LogP contribution >= 0.6 is 0 Å². The number of benzene rings is 1. The minimum absolute atomic E-state index is 0.00764. The largest absolute Gasteiger partial charge is 0.495 e. The minimum atomic E-state index is -0.00764. The van der Waals surface area contributed by atoms with Crippen LogP contribution in [0.2, 0.25) is 0 Å². The molecule has 3 unspecified atom stereocenters. The number of anilines is 1. The Morgan fingerprint density at radius 1 is 1.37 bits per heavy atom. The molecule has 1 aliphatic carbocycles. The van der Waals surface area contributed by atoms with Gasteiger partial charge in [0, 0.05) is 6.54 Å². The molecular formula is C16H26N2O. The molecule has 19 heavy (non-hydrogen) atoms. The van der Waals surface area contributed by atoms with Crippen LogP contribution in [0.3, 0.4) is 0 Å². The molecule has 0 aliphatic heterocycles. The van der Waals surface area contributed by atoms with Crippen LogP contribution in [-0.2, 0) is 0 Å². The Kier molecular flexibility index (Phi) is 4.35. The predicted octanol–water partition coefficient (Wildman–Crippen LogP) is 3.26. The summed E-state index contributed by atoms with van der Waals surface area (Å²) in [5.74, 6) is 2.16. The summed E-state index contributed by atoms with van der Waals surface area (Å²) in [7, 11) is 1.71. The van der Waals surface area contributed by atoms with Crippen LogP contribution in [0.15, 0.2) is 24.3 Å². The molecule has 1 aromatic rings. The first-order valence-electron chi connectivity index (χ1n) is 7.24. The summed E-state index contributed by atoms with van der Waals surface area (Å²) in [6.45, 7) is 5.31. The maximum atomic E-state index is 6.13. The molecule has 0 aromatic heterocycles. The number of methoxy groups -OCH3 is 1. The minimum Gasteiger partial charge on any atom is -0.495 e. The Labute approximate surface area is 116 Å². The van der Waals surface area contributed by atoms with Crippen molar-refractivity contribution in [2.75, 3.05) is 19.0 Å². The normalized spacial score (nSPS) is 30.9. The van der Waals surface area contributed by atoms with Crippen molar-refractivity contribution in [3.63, 3.8) is 0 Å². The number of nitrogens with two attached hydrogens (primary N) is 1. The smallest absolute Gasteiger partial charge is 0.141 e. The molecule has 0 bridgehead atoms. The standard InChI is InChI=1S/C16H26N2O/c1-12-7-6-10-16(11-17,13(12)2)18-14-8-4-5-9-15(14)19-3/h4-5,8-9,12-13,18H,6-7,10-11,17H2,1-3H3. The number of rotatable bonds is 4. The zero-order valence-electron chi connectivity index (χ0n) is 12.3. The molecule has 1 aliphatic rings.